The van der Waals surface area contributed by atoms with Gasteiger partial charge in [0.25, 0.3) is 0 Å². The molecule has 0 amide bonds. The molecule has 1 rings (SSSR count). The third-order valence-corrected chi connectivity index (χ3v) is 2.81. The lowest BCUT2D eigenvalue weighted by atomic mass is 10.0. The fourth-order valence-corrected chi connectivity index (χ4v) is 2.00. The van der Waals surface area contributed by atoms with Gasteiger partial charge in [-0.05, 0) is 39.8 Å². The predicted octanol–water partition coefficient (Wildman–Crippen LogP) is 2.01. The smallest absolute Gasteiger partial charge is 0.161 e. The third-order valence-electron chi connectivity index (χ3n) is 2.81. The van der Waals surface area contributed by atoms with Crippen molar-refractivity contribution in [3.8, 4) is 0 Å². The van der Waals surface area contributed by atoms with Crippen molar-refractivity contribution >= 4 is 11.9 Å². The lowest BCUT2D eigenvalue weighted by Gasteiger charge is -2.22. The van der Waals surface area contributed by atoms with Crippen molar-refractivity contribution in [2.24, 2.45) is 5.92 Å². The molecule has 0 aliphatic heterocycles. The first-order chi connectivity index (χ1) is 8.99. The molecule has 0 aliphatic carbocycles. The fourth-order valence-electron chi connectivity index (χ4n) is 2.00. The number of nitrogens with zero attached hydrogens (tertiary/aromatic N) is 2. The van der Waals surface area contributed by atoms with Crippen LogP contribution in [0.5, 0.6) is 0 Å². The summed E-state index contributed by atoms with van der Waals surface area (Å²) in [5.41, 5.74) is 1.06. The molecule has 0 aromatic heterocycles. The standard InChI is InChI=1S/C16H24N2O/c1-17(2)12-15(13-18(3)4)16(19)11-10-14-8-6-5-7-9-14/h5-11,15H,12-13H2,1-4H3/b11-10+. The fraction of sp³-hybridized carbons (Fsp3) is 0.438. The van der Waals surface area contributed by atoms with Crippen molar-refractivity contribution in [1.29, 1.82) is 0 Å². The molecule has 0 radical (unpaired) electrons. The molecule has 0 aliphatic rings. The van der Waals surface area contributed by atoms with E-state index in [1.54, 1.807) is 6.08 Å². The molecule has 0 N–H and O–H groups in total. The molecule has 3 heteroatoms. The van der Waals surface area contributed by atoms with E-state index in [4.69, 9.17) is 0 Å². The Morgan fingerprint density at radius 2 is 1.58 bits per heavy atom. The summed E-state index contributed by atoms with van der Waals surface area (Å²) in [6, 6.07) is 9.91. The first-order valence-corrected chi connectivity index (χ1v) is 6.55. The molecule has 0 spiro atoms. The van der Waals surface area contributed by atoms with Crippen molar-refractivity contribution in [1.82, 2.24) is 9.80 Å². The van der Waals surface area contributed by atoms with Crippen LogP contribution in [0.4, 0.5) is 0 Å². The zero-order valence-electron chi connectivity index (χ0n) is 12.3. The number of carbonyl (C=O) groups excluding carboxylic acids is 1. The highest BCUT2D eigenvalue weighted by Crippen LogP contribution is 2.07. The molecule has 0 saturated heterocycles. The van der Waals surface area contributed by atoms with E-state index in [-0.39, 0.29) is 11.7 Å². The molecule has 1 aromatic carbocycles. The summed E-state index contributed by atoms with van der Waals surface area (Å²) in [6.45, 7) is 1.55. The van der Waals surface area contributed by atoms with Crippen LogP contribution in [0, 0.1) is 5.92 Å². The van der Waals surface area contributed by atoms with Crippen LogP contribution in [0.25, 0.3) is 6.08 Å². The Kier molecular flexibility index (Phi) is 6.46. The summed E-state index contributed by atoms with van der Waals surface area (Å²) in [5, 5.41) is 0. The molecule has 0 fully saturated rings. The molecule has 0 saturated carbocycles. The molecular formula is C16H24N2O. The van der Waals surface area contributed by atoms with E-state index in [0.29, 0.717) is 0 Å². The Morgan fingerprint density at radius 1 is 1.05 bits per heavy atom. The predicted molar refractivity (Wildman–Crippen MR) is 81.1 cm³/mol. The maximum Gasteiger partial charge on any atom is 0.161 e. The van der Waals surface area contributed by atoms with Gasteiger partial charge in [0.15, 0.2) is 5.78 Å². The summed E-state index contributed by atoms with van der Waals surface area (Å²) >= 11 is 0. The topological polar surface area (TPSA) is 23.6 Å². The van der Waals surface area contributed by atoms with Crippen LogP contribution in [0.15, 0.2) is 36.4 Å². The molecule has 0 atom stereocenters. The van der Waals surface area contributed by atoms with Gasteiger partial charge in [-0.1, -0.05) is 36.4 Å². The van der Waals surface area contributed by atoms with Gasteiger partial charge in [-0.2, -0.15) is 0 Å². The number of carbonyl (C=O) groups is 1. The van der Waals surface area contributed by atoms with Crippen LogP contribution < -0.4 is 0 Å². The Morgan fingerprint density at radius 3 is 2.05 bits per heavy atom. The van der Waals surface area contributed by atoms with Crippen LogP contribution in [-0.4, -0.2) is 56.9 Å². The summed E-state index contributed by atoms with van der Waals surface area (Å²) in [7, 11) is 7.99. The Labute approximate surface area is 116 Å². The van der Waals surface area contributed by atoms with Crippen LogP contribution in [-0.2, 0) is 4.79 Å². The molecule has 104 valence electrons. The summed E-state index contributed by atoms with van der Waals surface area (Å²) < 4.78 is 0. The second kappa shape index (κ2) is 7.87. The average Bonchev–Trinajstić information content (AvgIpc) is 2.35. The zero-order chi connectivity index (χ0) is 14.3. The van der Waals surface area contributed by atoms with E-state index in [9.17, 15) is 4.79 Å². The first kappa shape index (κ1) is 15.6. The van der Waals surface area contributed by atoms with Crippen molar-refractivity contribution in [3.05, 3.63) is 42.0 Å². The maximum absolute atomic E-state index is 12.2. The van der Waals surface area contributed by atoms with E-state index in [1.165, 1.54) is 0 Å². The van der Waals surface area contributed by atoms with Gasteiger partial charge in [0.05, 0.1) is 0 Å². The zero-order valence-corrected chi connectivity index (χ0v) is 12.3. The molecule has 0 heterocycles. The lowest BCUT2D eigenvalue weighted by molar-refractivity contribution is -0.119. The highest BCUT2D eigenvalue weighted by atomic mass is 16.1. The summed E-state index contributed by atoms with van der Waals surface area (Å²) in [4.78, 5) is 16.4. The molecule has 1 aromatic rings. The number of hydrogen-bond acceptors (Lipinski definition) is 3. The largest absolute Gasteiger partial charge is 0.309 e. The minimum atomic E-state index is 0.0185. The van der Waals surface area contributed by atoms with Gasteiger partial charge in [-0.25, -0.2) is 0 Å². The van der Waals surface area contributed by atoms with Crippen molar-refractivity contribution in [2.75, 3.05) is 41.3 Å². The van der Waals surface area contributed by atoms with Gasteiger partial charge in [-0.3, -0.25) is 4.79 Å². The average molecular weight is 260 g/mol. The lowest BCUT2D eigenvalue weighted by Crippen LogP contribution is -2.34. The van der Waals surface area contributed by atoms with Crippen LogP contribution in [0.1, 0.15) is 5.56 Å². The second-order valence-corrected chi connectivity index (χ2v) is 5.37. The Bertz CT molecular complexity index is 400. The van der Waals surface area contributed by atoms with Gasteiger partial charge in [0, 0.05) is 19.0 Å². The van der Waals surface area contributed by atoms with Crippen LogP contribution in [0.3, 0.4) is 0 Å². The van der Waals surface area contributed by atoms with Gasteiger partial charge >= 0.3 is 0 Å². The van der Waals surface area contributed by atoms with Crippen molar-refractivity contribution < 1.29 is 4.79 Å². The Hall–Kier alpha value is -1.45. The van der Waals surface area contributed by atoms with E-state index < -0.39 is 0 Å². The van der Waals surface area contributed by atoms with Crippen LogP contribution >= 0.6 is 0 Å². The normalized spacial score (nSPS) is 11.9. The number of ketones is 1. The highest BCUT2D eigenvalue weighted by Gasteiger charge is 2.17. The van der Waals surface area contributed by atoms with E-state index in [0.717, 1.165) is 18.7 Å². The van der Waals surface area contributed by atoms with Gasteiger partial charge < -0.3 is 9.80 Å². The van der Waals surface area contributed by atoms with Crippen LogP contribution in [0.2, 0.25) is 0 Å². The quantitative estimate of drug-likeness (QED) is 0.701. The SMILES string of the molecule is CN(C)CC(CN(C)C)C(=O)/C=C/c1ccccc1. The Balaban J connectivity index is 2.68. The summed E-state index contributed by atoms with van der Waals surface area (Å²) in [5.74, 6) is 0.205. The monoisotopic (exact) mass is 260 g/mol. The number of allylic oxidation sites excluding steroid dienone is 1. The number of rotatable bonds is 7. The van der Waals surface area contributed by atoms with Gasteiger partial charge in [0.1, 0.15) is 0 Å². The molecule has 0 unspecified atom stereocenters. The van der Waals surface area contributed by atoms with E-state index in [1.807, 2.05) is 64.6 Å². The minimum Gasteiger partial charge on any atom is -0.309 e. The number of benzene rings is 1. The molecule has 19 heavy (non-hydrogen) atoms. The van der Waals surface area contributed by atoms with E-state index >= 15 is 0 Å². The van der Waals surface area contributed by atoms with Gasteiger partial charge in [-0.15, -0.1) is 0 Å². The number of hydrogen-bond donors (Lipinski definition) is 0. The maximum atomic E-state index is 12.2. The van der Waals surface area contributed by atoms with Gasteiger partial charge in [0.2, 0.25) is 0 Å². The molecular weight excluding hydrogens is 236 g/mol. The first-order valence-electron chi connectivity index (χ1n) is 6.55. The molecule has 0 bridgehead atoms. The summed E-state index contributed by atoms with van der Waals surface area (Å²) in [6.07, 6.45) is 3.59. The van der Waals surface area contributed by atoms with E-state index in [2.05, 4.69) is 9.80 Å². The van der Waals surface area contributed by atoms with Crippen molar-refractivity contribution in [2.45, 2.75) is 0 Å². The highest BCUT2D eigenvalue weighted by molar-refractivity contribution is 5.95. The molecule has 3 nitrogen and oxygen atoms in total. The second-order valence-electron chi connectivity index (χ2n) is 5.37. The third kappa shape index (κ3) is 6.32. The minimum absolute atomic E-state index is 0.0185. The van der Waals surface area contributed by atoms with Crippen molar-refractivity contribution in [3.63, 3.8) is 0 Å².